The van der Waals surface area contributed by atoms with Gasteiger partial charge in [0.15, 0.2) is 0 Å². The Balaban J connectivity index is 1.53. The van der Waals surface area contributed by atoms with E-state index in [1.807, 2.05) is 30.3 Å². The zero-order valence-electron chi connectivity index (χ0n) is 12.9. The van der Waals surface area contributed by atoms with Crippen molar-refractivity contribution in [3.63, 3.8) is 0 Å². The highest BCUT2D eigenvalue weighted by molar-refractivity contribution is 5.59. The number of aromatic nitrogens is 2. The van der Waals surface area contributed by atoms with Crippen molar-refractivity contribution < 1.29 is 9.13 Å². The maximum Gasteiger partial charge on any atom is 0.149 e. The van der Waals surface area contributed by atoms with Crippen LogP contribution < -0.4 is 10.1 Å². The summed E-state index contributed by atoms with van der Waals surface area (Å²) in [5.74, 6) is 1.36. The van der Waals surface area contributed by atoms with Crippen molar-refractivity contribution in [1.82, 2.24) is 10.2 Å². The van der Waals surface area contributed by atoms with Gasteiger partial charge in [-0.25, -0.2) is 4.39 Å². The van der Waals surface area contributed by atoms with Crippen molar-refractivity contribution in [3.8, 4) is 17.0 Å². The molecule has 24 heavy (non-hydrogen) atoms. The Kier molecular flexibility index (Phi) is 3.83. The summed E-state index contributed by atoms with van der Waals surface area (Å²) in [5.41, 5.74) is 2.69. The van der Waals surface area contributed by atoms with Crippen LogP contribution in [0.15, 0.2) is 60.7 Å². The van der Waals surface area contributed by atoms with Crippen LogP contribution in [0.5, 0.6) is 5.75 Å². The van der Waals surface area contributed by atoms with Crippen LogP contribution in [0.1, 0.15) is 18.0 Å². The first kappa shape index (κ1) is 14.6. The minimum Gasteiger partial charge on any atom is -0.493 e. The van der Waals surface area contributed by atoms with E-state index >= 15 is 0 Å². The van der Waals surface area contributed by atoms with E-state index in [1.54, 1.807) is 12.1 Å². The first-order valence-corrected chi connectivity index (χ1v) is 7.87. The number of halogens is 1. The second-order valence-corrected chi connectivity index (χ2v) is 5.68. The van der Waals surface area contributed by atoms with Crippen LogP contribution in [0, 0.1) is 5.82 Å². The summed E-state index contributed by atoms with van der Waals surface area (Å²) in [7, 11) is 0. The van der Waals surface area contributed by atoms with Gasteiger partial charge in [0.25, 0.3) is 0 Å². The second-order valence-electron chi connectivity index (χ2n) is 5.68. The SMILES string of the molecule is Fc1ccc(-c2ccc(NC3CCOc4ccccc43)nn2)cc1. The van der Waals surface area contributed by atoms with E-state index in [0.717, 1.165) is 23.3 Å². The van der Waals surface area contributed by atoms with E-state index < -0.39 is 0 Å². The van der Waals surface area contributed by atoms with Crippen molar-refractivity contribution in [2.24, 2.45) is 0 Å². The Hall–Kier alpha value is -2.95. The van der Waals surface area contributed by atoms with E-state index in [9.17, 15) is 4.39 Å². The van der Waals surface area contributed by atoms with Gasteiger partial charge in [0, 0.05) is 17.5 Å². The highest BCUT2D eigenvalue weighted by Crippen LogP contribution is 2.33. The van der Waals surface area contributed by atoms with E-state index in [1.165, 1.54) is 12.1 Å². The van der Waals surface area contributed by atoms with E-state index in [2.05, 4.69) is 21.6 Å². The number of anilines is 1. The zero-order chi connectivity index (χ0) is 16.4. The molecule has 0 amide bonds. The molecule has 1 aliphatic heterocycles. The van der Waals surface area contributed by atoms with E-state index in [0.29, 0.717) is 18.1 Å². The zero-order valence-corrected chi connectivity index (χ0v) is 12.9. The molecule has 4 rings (SSSR count). The van der Waals surface area contributed by atoms with E-state index in [-0.39, 0.29) is 11.9 Å². The quantitative estimate of drug-likeness (QED) is 0.784. The largest absolute Gasteiger partial charge is 0.493 e. The monoisotopic (exact) mass is 321 g/mol. The lowest BCUT2D eigenvalue weighted by molar-refractivity contribution is 0.274. The summed E-state index contributed by atoms with van der Waals surface area (Å²) >= 11 is 0. The molecule has 0 saturated heterocycles. The first-order valence-electron chi connectivity index (χ1n) is 7.87. The van der Waals surface area contributed by atoms with Crippen LogP contribution in [0.2, 0.25) is 0 Å². The fourth-order valence-corrected chi connectivity index (χ4v) is 2.85. The van der Waals surface area contributed by atoms with Gasteiger partial charge in [-0.05, 0) is 42.5 Å². The van der Waals surface area contributed by atoms with Gasteiger partial charge in [-0.1, -0.05) is 18.2 Å². The summed E-state index contributed by atoms with van der Waals surface area (Å²) in [6, 6.07) is 18.2. The lowest BCUT2D eigenvalue weighted by atomic mass is 10.0. The topological polar surface area (TPSA) is 47.0 Å². The van der Waals surface area contributed by atoms with Crippen LogP contribution in [0.4, 0.5) is 10.2 Å². The molecule has 0 saturated carbocycles. The molecule has 3 aromatic rings. The maximum absolute atomic E-state index is 13.0. The number of ether oxygens (including phenoxy) is 1. The molecule has 0 radical (unpaired) electrons. The van der Waals surface area contributed by atoms with Crippen LogP contribution in [0.25, 0.3) is 11.3 Å². The van der Waals surface area contributed by atoms with Crippen molar-refractivity contribution in [1.29, 1.82) is 0 Å². The van der Waals surface area contributed by atoms with Gasteiger partial charge in [-0.2, -0.15) is 0 Å². The van der Waals surface area contributed by atoms with Crippen molar-refractivity contribution in [3.05, 3.63) is 72.0 Å². The second kappa shape index (κ2) is 6.28. The number of benzene rings is 2. The van der Waals surface area contributed by atoms with Gasteiger partial charge in [-0.3, -0.25) is 0 Å². The molecule has 120 valence electrons. The van der Waals surface area contributed by atoms with Crippen LogP contribution in [-0.4, -0.2) is 16.8 Å². The summed E-state index contributed by atoms with van der Waals surface area (Å²) < 4.78 is 18.7. The average molecular weight is 321 g/mol. The molecule has 1 atom stereocenters. The molecule has 0 aliphatic carbocycles. The third-order valence-corrected chi connectivity index (χ3v) is 4.09. The van der Waals surface area contributed by atoms with Crippen molar-refractivity contribution in [2.45, 2.75) is 12.5 Å². The number of hydrogen-bond acceptors (Lipinski definition) is 4. The summed E-state index contributed by atoms with van der Waals surface area (Å²) in [6.45, 7) is 0.676. The van der Waals surface area contributed by atoms with Gasteiger partial charge in [0.05, 0.1) is 18.3 Å². The predicted octanol–water partition coefficient (Wildman–Crippen LogP) is 4.22. The fourth-order valence-electron chi connectivity index (χ4n) is 2.85. The van der Waals surface area contributed by atoms with Gasteiger partial charge in [-0.15, -0.1) is 10.2 Å². The van der Waals surface area contributed by atoms with Gasteiger partial charge >= 0.3 is 0 Å². The molecule has 1 aromatic heterocycles. The van der Waals surface area contributed by atoms with Gasteiger partial charge in [0.2, 0.25) is 0 Å². The number of nitrogens with zero attached hydrogens (tertiary/aromatic N) is 2. The number of hydrogen-bond donors (Lipinski definition) is 1. The molecule has 0 spiro atoms. The predicted molar refractivity (Wildman–Crippen MR) is 90.3 cm³/mol. The Morgan fingerprint density at radius 3 is 2.58 bits per heavy atom. The van der Waals surface area contributed by atoms with Crippen molar-refractivity contribution in [2.75, 3.05) is 11.9 Å². The fraction of sp³-hybridized carbons (Fsp3) is 0.158. The molecular formula is C19H16FN3O. The van der Waals surface area contributed by atoms with Gasteiger partial charge < -0.3 is 10.1 Å². The third-order valence-electron chi connectivity index (χ3n) is 4.09. The minimum atomic E-state index is -0.261. The summed E-state index contributed by atoms with van der Waals surface area (Å²) in [6.07, 6.45) is 0.873. The first-order chi connectivity index (χ1) is 11.8. The summed E-state index contributed by atoms with van der Waals surface area (Å²) in [5, 5.41) is 11.9. The molecule has 2 heterocycles. The Morgan fingerprint density at radius 2 is 1.79 bits per heavy atom. The normalized spacial score (nSPS) is 16.1. The molecule has 4 nitrogen and oxygen atoms in total. The van der Waals surface area contributed by atoms with E-state index in [4.69, 9.17) is 4.74 Å². The standard InChI is InChI=1S/C19H16FN3O/c20-14-7-5-13(6-8-14)16-9-10-19(23-22-16)21-17-11-12-24-18-4-2-1-3-15(17)18/h1-10,17H,11-12H2,(H,21,23). The average Bonchev–Trinajstić information content (AvgIpc) is 2.63. The molecule has 0 fully saturated rings. The third kappa shape index (κ3) is 2.93. The van der Waals surface area contributed by atoms with Crippen molar-refractivity contribution >= 4 is 5.82 Å². The molecule has 0 bridgehead atoms. The van der Waals surface area contributed by atoms with Crippen LogP contribution in [-0.2, 0) is 0 Å². The minimum absolute atomic E-state index is 0.154. The lowest BCUT2D eigenvalue weighted by Crippen LogP contribution is -2.20. The Morgan fingerprint density at radius 1 is 0.958 bits per heavy atom. The molecule has 1 N–H and O–H groups in total. The maximum atomic E-state index is 13.0. The summed E-state index contributed by atoms with van der Waals surface area (Å²) in [4.78, 5) is 0. The van der Waals surface area contributed by atoms with Crippen LogP contribution in [0.3, 0.4) is 0 Å². The number of fused-ring (bicyclic) bond motifs is 1. The van der Waals surface area contributed by atoms with Gasteiger partial charge in [0.1, 0.15) is 17.4 Å². The molecule has 2 aromatic carbocycles. The molecule has 5 heteroatoms. The van der Waals surface area contributed by atoms with Crippen LogP contribution >= 0.6 is 0 Å². The smallest absolute Gasteiger partial charge is 0.149 e. The number of para-hydroxylation sites is 1. The molecular weight excluding hydrogens is 305 g/mol. The Bertz CT molecular complexity index is 834. The number of rotatable bonds is 3. The lowest BCUT2D eigenvalue weighted by Gasteiger charge is -2.26. The highest BCUT2D eigenvalue weighted by atomic mass is 19.1. The Labute approximate surface area is 139 Å². The highest BCUT2D eigenvalue weighted by Gasteiger charge is 2.21. The molecule has 1 aliphatic rings. The molecule has 1 unspecified atom stereocenters. The number of nitrogens with one attached hydrogen (secondary N) is 1.